The Bertz CT molecular complexity index is 526. The predicted octanol–water partition coefficient (Wildman–Crippen LogP) is 1.85. The van der Waals surface area contributed by atoms with Crippen molar-refractivity contribution in [3.8, 4) is 6.07 Å². The molecule has 3 nitrogen and oxygen atoms in total. The number of nitriles is 1. The zero-order chi connectivity index (χ0) is 13.5. The van der Waals surface area contributed by atoms with Gasteiger partial charge in [-0.05, 0) is 43.9 Å². The summed E-state index contributed by atoms with van der Waals surface area (Å²) in [6.07, 6.45) is 3.03. The molecule has 100 valence electrons. The van der Waals surface area contributed by atoms with E-state index in [0.717, 1.165) is 31.5 Å². The second-order valence-electron chi connectivity index (χ2n) is 6.01. The molecule has 2 aliphatic rings. The van der Waals surface area contributed by atoms with E-state index in [-0.39, 0.29) is 0 Å². The first-order chi connectivity index (χ1) is 9.11. The molecule has 0 bridgehead atoms. The highest BCUT2D eigenvalue weighted by atomic mass is 16.3. The summed E-state index contributed by atoms with van der Waals surface area (Å²) in [7, 11) is 2.07. The highest BCUT2D eigenvalue weighted by Crippen LogP contribution is 2.49. The van der Waals surface area contributed by atoms with Crippen molar-refractivity contribution in [2.75, 3.05) is 20.1 Å². The molecule has 0 aromatic heterocycles. The van der Waals surface area contributed by atoms with Crippen LogP contribution in [-0.2, 0) is 11.8 Å². The van der Waals surface area contributed by atoms with E-state index in [1.807, 2.05) is 18.2 Å². The van der Waals surface area contributed by atoms with Gasteiger partial charge in [-0.15, -0.1) is 0 Å². The van der Waals surface area contributed by atoms with Gasteiger partial charge < -0.3 is 10.0 Å². The molecular formula is C16H20N2O. The third-order valence-corrected chi connectivity index (χ3v) is 5.05. The van der Waals surface area contributed by atoms with Gasteiger partial charge in [0.05, 0.1) is 11.7 Å². The summed E-state index contributed by atoms with van der Waals surface area (Å²) in [5.74, 6) is 0. The number of aliphatic hydroxyl groups is 1. The molecule has 0 saturated carbocycles. The largest absolute Gasteiger partial charge is 0.388 e. The molecule has 0 radical (unpaired) electrons. The third-order valence-electron chi connectivity index (χ3n) is 5.05. The van der Waals surface area contributed by atoms with Crippen molar-refractivity contribution in [3.63, 3.8) is 0 Å². The summed E-state index contributed by atoms with van der Waals surface area (Å²) < 4.78 is 0. The monoisotopic (exact) mass is 256 g/mol. The van der Waals surface area contributed by atoms with Gasteiger partial charge in [0.2, 0.25) is 0 Å². The maximum Gasteiger partial charge on any atom is 0.111 e. The lowest BCUT2D eigenvalue weighted by Gasteiger charge is -2.45. The minimum atomic E-state index is -0.874. The Morgan fingerprint density at radius 1 is 1.21 bits per heavy atom. The van der Waals surface area contributed by atoms with E-state index in [1.54, 1.807) is 0 Å². The van der Waals surface area contributed by atoms with Gasteiger partial charge in [0.15, 0.2) is 0 Å². The van der Waals surface area contributed by atoms with Crippen LogP contribution in [0.25, 0.3) is 0 Å². The Balaban J connectivity index is 2.04. The molecular weight excluding hydrogens is 236 g/mol. The van der Waals surface area contributed by atoms with Crippen LogP contribution in [0.5, 0.6) is 0 Å². The van der Waals surface area contributed by atoms with E-state index >= 15 is 0 Å². The zero-order valence-corrected chi connectivity index (χ0v) is 11.4. The lowest BCUT2D eigenvalue weighted by molar-refractivity contribution is -0.0618. The Labute approximate surface area is 114 Å². The fourth-order valence-corrected chi connectivity index (χ4v) is 3.73. The van der Waals surface area contributed by atoms with Gasteiger partial charge >= 0.3 is 0 Å². The van der Waals surface area contributed by atoms with Crippen LogP contribution in [-0.4, -0.2) is 35.7 Å². The van der Waals surface area contributed by atoms with Gasteiger partial charge in [-0.25, -0.2) is 0 Å². The van der Waals surface area contributed by atoms with Gasteiger partial charge in [0.25, 0.3) is 0 Å². The molecule has 19 heavy (non-hydrogen) atoms. The highest BCUT2D eigenvalue weighted by Gasteiger charge is 2.55. The van der Waals surface area contributed by atoms with Crippen molar-refractivity contribution < 1.29 is 5.11 Å². The van der Waals surface area contributed by atoms with E-state index in [9.17, 15) is 10.4 Å². The molecule has 3 heteroatoms. The van der Waals surface area contributed by atoms with Crippen LogP contribution in [0.1, 0.15) is 30.4 Å². The van der Waals surface area contributed by atoms with Crippen LogP contribution >= 0.6 is 0 Å². The molecule has 1 N–H and O–H groups in total. The van der Waals surface area contributed by atoms with Crippen LogP contribution in [0.4, 0.5) is 0 Å². The molecule has 0 amide bonds. The minimum absolute atomic E-state index is 0.686. The van der Waals surface area contributed by atoms with Crippen LogP contribution in [0.15, 0.2) is 24.3 Å². The topological polar surface area (TPSA) is 47.3 Å². The minimum Gasteiger partial charge on any atom is -0.388 e. The maximum atomic E-state index is 11.1. The molecule has 1 heterocycles. The van der Waals surface area contributed by atoms with Crippen LogP contribution < -0.4 is 0 Å². The number of piperidine rings is 1. The number of hydrogen-bond donors (Lipinski definition) is 1. The number of aryl methyl sites for hydroxylation is 1. The number of likely N-dealkylation sites (tertiary alicyclic amines) is 1. The molecule has 3 rings (SSSR count). The molecule has 1 unspecified atom stereocenters. The Morgan fingerprint density at radius 2 is 1.89 bits per heavy atom. The predicted molar refractivity (Wildman–Crippen MR) is 73.7 cm³/mol. The normalized spacial score (nSPS) is 29.7. The van der Waals surface area contributed by atoms with Gasteiger partial charge in [0, 0.05) is 13.1 Å². The van der Waals surface area contributed by atoms with Crippen molar-refractivity contribution in [2.45, 2.75) is 36.7 Å². The lowest BCUT2D eigenvalue weighted by atomic mass is 9.65. The first kappa shape index (κ1) is 12.7. The quantitative estimate of drug-likeness (QED) is 0.834. The average Bonchev–Trinajstić information content (AvgIpc) is 2.83. The van der Waals surface area contributed by atoms with Crippen molar-refractivity contribution in [2.24, 2.45) is 0 Å². The Morgan fingerprint density at radius 3 is 2.58 bits per heavy atom. The summed E-state index contributed by atoms with van der Waals surface area (Å²) in [5, 5.41) is 21.0. The Hall–Kier alpha value is -1.37. The number of nitrogens with zero attached hydrogens (tertiary/aromatic N) is 2. The molecule has 1 aromatic rings. The fourth-order valence-electron chi connectivity index (χ4n) is 3.73. The van der Waals surface area contributed by atoms with E-state index in [0.29, 0.717) is 12.8 Å². The van der Waals surface area contributed by atoms with Crippen molar-refractivity contribution in [1.82, 2.24) is 4.90 Å². The van der Waals surface area contributed by atoms with E-state index in [1.165, 1.54) is 5.56 Å². The third kappa shape index (κ3) is 1.71. The molecule has 0 spiro atoms. The second-order valence-corrected chi connectivity index (χ2v) is 6.01. The van der Waals surface area contributed by atoms with Crippen LogP contribution in [0, 0.1) is 11.3 Å². The number of rotatable bonds is 1. The number of benzene rings is 1. The van der Waals surface area contributed by atoms with Gasteiger partial charge in [-0.1, -0.05) is 24.3 Å². The van der Waals surface area contributed by atoms with Crippen LogP contribution in [0.2, 0.25) is 0 Å². The standard InChI is InChI=1S/C16H20N2O/c1-18-10-8-16(19,9-11-18)15(12-17)7-6-13-4-2-3-5-14(13)15/h2-5,19H,6-11H2,1H3. The summed E-state index contributed by atoms with van der Waals surface area (Å²) in [6, 6.07) is 10.6. The van der Waals surface area contributed by atoms with Gasteiger partial charge in [-0.3, -0.25) is 0 Å². The molecule has 1 atom stereocenters. The van der Waals surface area contributed by atoms with Gasteiger partial charge in [-0.2, -0.15) is 5.26 Å². The molecule has 1 aliphatic heterocycles. The van der Waals surface area contributed by atoms with Crippen LogP contribution in [0.3, 0.4) is 0 Å². The van der Waals surface area contributed by atoms with Gasteiger partial charge in [0.1, 0.15) is 5.41 Å². The molecule has 1 aliphatic carbocycles. The van der Waals surface area contributed by atoms with E-state index in [2.05, 4.69) is 24.1 Å². The zero-order valence-electron chi connectivity index (χ0n) is 11.4. The van der Waals surface area contributed by atoms with Crippen molar-refractivity contribution in [3.05, 3.63) is 35.4 Å². The summed E-state index contributed by atoms with van der Waals surface area (Å²) in [4.78, 5) is 2.22. The average molecular weight is 256 g/mol. The van der Waals surface area contributed by atoms with Crippen molar-refractivity contribution in [1.29, 1.82) is 5.26 Å². The van der Waals surface area contributed by atoms with E-state index in [4.69, 9.17) is 0 Å². The highest BCUT2D eigenvalue weighted by molar-refractivity contribution is 5.47. The summed E-state index contributed by atoms with van der Waals surface area (Å²) >= 11 is 0. The lowest BCUT2D eigenvalue weighted by Crippen LogP contribution is -2.55. The van der Waals surface area contributed by atoms with Crippen molar-refractivity contribution >= 4 is 0 Å². The van der Waals surface area contributed by atoms with E-state index < -0.39 is 11.0 Å². The SMILES string of the molecule is CN1CCC(O)(C2(C#N)CCc3ccccc32)CC1. The Kier molecular flexibility index (Phi) is 2.88. The molecule has 1 aromatic carbocycles. The summed E-state index contributed by atoms with van der Waals surface area (Å²) in [6.45, 7) is 1.73. The molecule has 1 fully saturated rings. The number of fused-ring (bicyclic) bond motifs is 1. The smallest absolute Gasteiger partial charge is 0.111 e. The fraction of sp³-hybridized carbons (Fsp3) is 0.562. The number of hydrogen-bond acceptors (Lipinski definition) is 3. The maximum absolute atomic E-state index is 11.1. The second kappa shape index (κ2) is 4.33. The molecule has 1 saturated heterocycles. The first-order valence-electron chi connectivity index (χ1n) is 7.02. The first-order valence-corrected chi connectivity index (χ1v) is 7.02. The summed E-state index contributed by atoms with van der Waals surface area (Å²) in [5.41, 5.74) is 0.715.